The van der Waals surface area contributed by atoms with Gasteiger partial charge in [0, 0.05) is 22.5 Å². The maximum Gasteiger partial charge on any atom is 0.125 e. The largest absolute Gasteiger partial charge is 0.490 e. The van der Waals surface area contributed by atoms with E-state index < -0.39 is 0 Å². The van der Waals surface area contributed by atoms with E-state index in [-0.39, 0.29) is 6.04 Å². The van der Waals surface area contributed by atoms with Gasteiger partial charge in [-0.05, 0) is 25.0 Å². The van der Waals surface area contributed by atoms with Crippen molar-refractivity contribution in [2.45, 2.75) is 51.2 Å². The van der Waals surface area contributed by atoms with Crippen LogP contribution in [0.15, 0.2) is 22.7 Å². The zero-order valence-corrected chi connectivity index (χ0v) is 11.9. The first-order valence-corrected chi connectivity index (χ1v) is 7.21. The zero-order chi connectivity index (χ0) is 12.3. The zero-order valence-electron chi connectivity index (χ0n) is 10.3. The summed E-state index contributed by atoms with van der Waals surface area (Å²) in [6, 6.07) is 6.24. The monoisotopic (exact) mass is 297 g/mol. The lowest BCUT2D eigenvalue weighted by Gasteiger charge is -2.30. The van der Waals surface area contributed by atoms with Crippen LogP contribution >= 0.6 is 15.9 Å². The number of unbranched alkanes of at least 4 members (excludes halogenated alkanes) is 2. The molecule has 0 spiro atoms. The third kappa shape index (κ3) is 3.23. The fourth-order valence-corrected chi connectivity index (χ4v) is 2.69. The van der Waals surface area contributed by atoms with Gasteiger partial charge in [-0.25, -0.2) is 0 Å². The van der Waals surface area contributed by atoms with E-state index in [0.717, 1.165) is 28.6 Å². The van der Waals surface area contributed by atoms with Crippen LogP contribution in [0.25, 0.3) is 0 Å². The fourth-order valence-electron chi connectivity index (χ4n) is 2.35. The van der Waals surface area contributed by atoms with E-state index in [4.69, 9.17) is 10.5 Å². The van der Waals surface area contributed by atoms with E-state index in [2.05, 4.69) is 28.9 Å². The first-order chi connectivity index (χ1) is 8.20. The van der Waals surface area contributed by atoms with Crippen molar-refractivity contribution in [3.63, 3.8) is 0 Å². The highest BCUT2D eigenvalue weighted by Gasteiger charge is 2.25. The molecule has 0 saturated heterocycles. The van der Waals surface area contributed by atoms with Crippen molar-refractivity contribution in [2.24, 2.45) is 5.73 Å². The Morgan fingerprint density at radius 3 is 3.00 bits per heavy atom. The molecule has 0 amide bonds. The second-order valence-corrected chi connectivity index (χ2v) is 5.68. The molecule has 1 aromatic rings. The Hall–Kier alpha value is -0.540. The molecule has 0 radical (unpaired) electrons. The summed E-state index contributed by atoms with van der Waals surface area (Å²) < 4.78 is 7.07. The maximum absolute atomic E-state index is 6.20. The Bertz CT molecular complexity index is 380. The number of benzene rings is 1. The number of ether oxygens (including phenoxy) is 1. The lowest BCUT2D eigenvalue weighted by atomic mass is 9.95. The summed E-state index contributed by atoms with van der Waals surface area (Å²) in [4.78, 5) is 0. The van der Waals surface area contributed by atoms with E-state index >= 15 is 0 Å². The standard InChI is InChI=1S/C14H20BrNO/c1-2-3-4-5-11-9-13(16)12-7-6-10(15)8-14(12)17-11/h6-8,11,13H,2-5,9,16H2,1H3. The number of rotatable bonds is 4. The molecule has 2 nitrogen and oxygen atoms in total. The van der Waals surface area contributed by atoms with Crippen LogP contribution in [0, 0.1) is 0 Å². The molecule has 0 aromatic heterocycles. The Morgan fingerprint density at radius 1 is 1.41 bits per heavy atom. The van der Waals surface area contributed by atoms with E-state index in [1.165, 1.54) is 19.3 Å². The van der Waals surface area contributed by atoms with Crippen LogP contribution in [0.2, 0.25) is 0 Å². The van der Waals surface area contributed by atoms with Crippen LogP contribution in [-0.2, 0) is 0 Å². The number of fused-ring (bicyclic) bond motifs is 1. The Kier molecular flexibility index (Phi) is 4.46. The van der Waals surface area contributed by atoms with Crippen molar-refractivity contribution in [3.8, 4) is 5.75 Å². The van der Waals surface area contributed by atoms with E-state index in [9.17, 15) is 0 Å². The van der Waals surface area contributed by atoms with Crippen molar-refractivity contribution >= 4 is 15.9 Å². The SMILES string of the molecule is CCCCCC1CC(N)c2ccc(Br)cc2O1. The van der Waals surface area contributed by atoms with Gasteiger partial charge in [0.2, 0.25) is 0 Å². The molecule has 2 rings (SSSR count). The number of hydrogen-bond donors (Lipinski definition) is 1. The highest BCUT2D eigenvalue weighted by molar-refractivity contribution is 9.10. The van der Waals surface area contributed by atoms with Gasteiger partial charge in [0.15, 0.2) is 0 Å². The highest BCUT2D eigenvalue weighted by atomic mass is 79.9. The summed E-state index contributed by atoms with van der Waals surface area (Å²) in [5, 5.41) is 0. The predicted octanol–water partition coefficient (Wildman–Crippen LogP) is 4.18. The van der Waals surface area contributed by atoms with Crippen LogP contribution < -0.4 is 10.5 Å². The molecular formula is C14H20BrNO. The first kappa shape index (κ1) is 12.9. The van der Waals surface area contributed by atoms with Crippen molar-refractivity contribution < 1.29 is 4.74 Å². The van der Waals surface area contributed by atoms with Crippen LogP contribution in [0.5, 0.6) is 5.75 Å². The lowest BCUT2D eigenvalue weighted by Crippen LogP contribution is -2.29. The Labute approximate surface area is 112 Å². The van der Waals surface area contributed by atoms with E-state index in [0.29, 0.717) is 6.10 Å². The highest BCUT2D eigenvalue weighted by Crippen LogP contribution is 2.36. The summed E-state index contributed by atoms with van der Waals surface area (Å²) >= 11 is 3.47. The maximum atomic E-state index is 6.20. The van der Waals surface area contributed by atoms with Crippen LogP contribution in [-0.4, -0.2) is 6.10 Å². The lowest BCUT2D eigenvalue weighted by molar-refractivity contribution is 0.147. The summed E-state index contributed by atoms with van der Waals surface area (Å²) in [6.45, 7) is 2.22. The van der Waals surface area contributed by atoms with Crippen LogP contribution in [0.1, 0.15) is 50.6 Å². The predicted molar refractivity (Wildman–Crippen MR) is 74.2 cm³/mol. The summed E-state index contributed by atoms with van der Waals surface area (Å²) in [5.74, 6) is 0.958. The van der Waals surface area contributed by atoms with Gasteiger partial charge in [-0.2, -0.15) is 0 Å². The minimum absolute atomic E-state index is 0.124. The molecule has 2 N–H and O–H groups in total. The van der Waals surface area contributed by atoms with Gasteiger partial charge in [0.05, 0.1) is 0 Å². The molecule has 94 valence electrons. The molecule has 3 heteroatoms. The van der Waals surface area contributed by atoms with Crippen molar-refractivity contribution in [2.75, 3.05) is 0 Å². The second kappa shape index (κ2) is 5.87. The summed E-state index contributed by atoms with van der Waals surface area (Å²) in [7, 11) is 0. The fraction of sp³-hybridized carbons (Fsp3) is 0.571. The summed E-state index contributed by atoms with van der Waals surface area (Å²) in [6.07, 6.45) is 6.11. The third-order valence-corrected chi connectivity index (χ3v) is 3.81. The normalized spacial score (nSPS) is 23.0. The van der Waals surface area contributed by atoms with Crippen molar-refractivity contribution in [1.29, 1.82) is 0 Å². The van der Waals surface area contributed by atoms with Gasteiger partial charge in [-0.15, -0.1) is 0 Å². The molecule has 1 aromatic carbocycles. The number of nitrogens with two attached hydrogens (primary N) is 1. The molecule has 0 bridgehead atoms. The molecule has 1 aliphatic rings. The molecule has 2 atom stereocenters. The number of halogens is 1. The molecule has 0 fully saturated rings. The minimum atomic E-state index is 0.124. The topological polar surface area (TPSA) is 35.2 Å². The van der Waals surface area contributed by atoms with E-state index in [1.807, 2.05) is 12.1 Å². The molecular weight excluding hydrogens is 278 g/mol. The van der Waals surface area contributed by atoms with Gasteiger partial charge in [-0.1, -0.05) is 41.8 Å². The van der Waals surface area contributed by atoms with E-state index in [1.54, 1.807) is 0 Å². The smallest absolute Gasteiger partial charge is 0.125 e. The average molecular weight is 298 g/mol. The average Bonchev–Trinajstić information content (AvgIpc) is 2.28. The van der Waals surface area contributed by atoms with Crippen LogP contribution in [0.3, 0.4) is 0 Å². The number of hydrogen-bond acceptors (Lipinski definition) is 2. The molecule has 1 heterocycles. The van der Waals surface area contributed by atoms with Gasteiger partial charge < -0.3 is 10.5 Å². The minimum Gasteiger partial charge on any atom is -0.490 e. The Balaban J connectivity index is 2.04. The molecule has 0 aliphatic carbocycles. The first-order valence-electron chi connectivity index (χ1n) is 6.42. The molecule has 0 saturated carbocycles. The third-order valence-electron chi connectivity index (χ3n) is 3.32. The van der Waals surface area contributed by atoms with Gasteiger partial charge in [0.1, 0.15) is 11.9 Å². The second-order valence-electron chi connectivity index (χ2n) is 4.76. The quantitative estimate of drug-likeness (QED) is 0.846. The summed E-state index contributed by atoms with van der Waals surface area (Å²) in [5.41, 5.74) is 7.33. The van der Waals surface area contributed by atoms with Crippen molar-refractivity contribution in [1.82, 2.24) is 0 Å². The van der Waals surface area contributed by atoms with Crippen molar-refractivity contribution in [3.05, 3.63) is 28.2 Å². The Morgan fingerprint density at radius 2 is 2.24 bits per heavy atom. The van der Waals surface area contributed by atoms with Crippen LogP contribution in [0.4, 0.5) is 0 Å². The van der Waals surface area contributed by atoms with Gasteiger partial charge in [0.25, 0.3) is 0 Å². The molecule has 2 unspecified atom stereocenters. The molecule has 17 heavy (non-hydrogen) atoms. The molecule has 1 aliphatic heterocycles. The van der Waals surface area contributed by atoms with Gasteiger partial charge in [-0.3, -0.25) is 0 Å². The van der Waals surface area contributed by atoms with Gasteiger partial charge >= 0.3 is 0 Å².